The van der Waals surface area contributed by atoms with Gasteiger partial charge in [-0.05, 0) is 13.8 Å². The van der Waals surface area contributed by atoms with Crippen LogP contribution >= 0.6 is 0 Å². The summed E-state index contributed by atoms with van der Waals surface area (Å²) >= 11 is 0. The average molecular weight is 296 g/mol. The molecule has 2 fully saturated rings. The molecule has 112 valence electrons. The van der Waals surface area contributed by atoms with E-state index < -0.39 is 20.0 Å². The SMILES string of the molecule is CC1(C)OC[C@H]([C@H]2O/C(=C/C#C[Si](C)(C)C)C[C@H]2O)O1. The molecule has 0 aliphatic carbocycles. The quantitative estimate of drug-likeness (QED) is 0.594. The molecule has 5 heteroatoms. The minimum Gasteiger partial charge on any atom is -0.488 e. The van der Waals surface area contributed by atoms with E-state index in [1.807, 2.05) is 13.8 Å². The highest BCUT2D eigenvalue weighted by Gasteiger charge is 2.44. The van der Waals surface area contributed by atoms with Gasteiger partial charge in [0.15, 0.2) is 11.9 Å². The van der Waals surface area contributed by atoms with Crippen molar-refractivity contribution < 1.29 is 19.3 Å². The Hall–Kier alpha value is -0.803. The molecule has 2 rings (SSSR count). The van der Waals surface area contributed by atoms with Crippen molar-refractivity contribution in [2.75, 3.05) is 6.61 Å². The van der Waals surface area contributed by atoms with Gasteiger partial charge in [-0.15, -0.1) is 5.54 Å². The normalized spacial score (nSPS) is 34.7. The zero-order valence-corrected chi connectivity index (χ0v) is 13.9. The van der Waals surface area contributed by atoms with Gasteiger partial charge in [-0.1, -0.05) is 25.6 Å². The Morgan fingerprint density at radius 2 is 2.05 bits per heavy atom. The largest absolute Gasteiger partial charge is 0.488 e. The number of hydrogen-bond donors (Lipinski definition) is 1. The van der Waals surface area contributed by atoms with E-state index in [0.29, 0.717) is 13.0 Å². The summed E-state index contributed by atoms with van der Waals surface area (Å²) in [6.07, 6.45) is 1.12. The van der Waals surface area contributed by atoms with Crippen molar-refractivity contribution in [2.45, 2.75) is 64.0 Å². The van der Waals surface area contributed by atoms with E-state index >= 15 is 0 Å². The van der Waals surface area contributed by atoms with Gasteiger partial charge < -0.3 is 19.3 Å². The monoisotopic (exact) mass is 296 g/mol. The summed E-state index contributed by atoms with van der Waals surface area (Å²) in [6.45, 7) is 10.8. The van der Waals surface area contributed by atoms with Crippen LogP contribution in [0.1, 0.15) is 20.3 Å². The van der Waals surface area contributed by atoms with E-state index in [1.165, 1.54) is 0 Å². The second-order valence-corrected chi connectivity index (χ2v) is 11.6. The summed E-state index contributed by atoms with van der Waals surface area (Å²) in [5.41, 5.74) is 3.26. The van der Waals surface area contributed by atoms with Gasteiger partial charge in [-0.3, -0.25) is 0 Å². The Balaban J connectivity index is 1.99. The van der Waals surface area contributed by atoms with Crippen LogP contribution in [0, 0.1) is 11.5 Å². The van der Waals surface area contributed by atoms with Crippen molar-refractivity contribution in [1.82, 2.24) is 0 Å². The van der Waals surface area contributed by atoms with Crippen LogP contribution in [0.2, 0.25) is 19.6 Å². The molecule has 4 nitrogen and oxygen atoms in total. The van der Waals surface area contributed by atoms with Gasteiger partial charge in [-0.25, -0.2) is 0 Å². The van der Waals surface area contributed by atoms with Gasteiger partial charge in [0.05, 0.1) is 6.61 Å². The highest BCUT2D eigenvalue weighted by molar-refractivity contribution is 6.83. The minimum atomic E-state index is -1.38. The summed E-state index contributed by atoms with van der Waals surface area (Å²) in [4.78, 5) is 0. The van der Waals surface area contributed by atoms with Crippen LogP contribution < -0.4 is 0 Å². The molecule has 0 radical (unpaired) electrons. The van der Waals surface area contributed by atoms with Gasteiger partial charge in [0, 0.05) is 12.5 Å². The summed E-state index contributed by atoms with van der Waals surface area (Å²) < 4.78 is 17.1. The Kier molecular flexibility index (Phi) is 4.31. The van der Waals surface area contributed by atoms with Crippen molar-refractivity contribution in [2.24, 2.45) is 0 Å². The van der Waals surface area contributed by atoms with E-state index in [9.17, 15) is 5.11 Å². The molecule has 1 N–H and O–H groups in total. The highest BCUT2D eigenvalue weighted by atomic mass is 28.3. The van der Waals surface area contributed by atoms with Crippen molar-refractivity contribution in [3.05, 3.63) is 11.8 Å². The predicted octanol–water partition coefficient (Wildman–Crippen LogP) is 2.05. The van der Waals surface area contributed by atoms with Crippen LogP contribution in [-0.2, 0) is 14.2 Å². The van der Waals surface area contributed by atoms with Crippen molar-refractivity contribution in [1.29, 1.82) is 0 Å². The maximum Gasteiger partial charge on any atom is 0.163 e. The van der Waals surface area contributed by atoms with Crippen molar-refractivity contribution in [3.8, 4) is 11.5 Å². The molecule has 3 atom stereocenters. The zero-order chi connectivity index (χ0) is 15.0. The van der Waals surface area contributed by atoms with Crippen molar-refractivity contribution in [3.63, 3.8) is 0 Å². The van der Waals surface area contributed by atoms with E-state index in [-0.39, 0.29) is 12.2 Å². The number of aliphatic hydroxyl groups is 1. The van der Waals surface area contributed by atoms with E-state index in [4.69, 9.17) is 14.2 Å². The van der Waals surface area contributed by atoms with Crippen LogP contribution in [0.5, 0.6) is 0 Å². The third-order valence-electron chi connectivity index (χ3n) is 3.15. The number of aliphatic hydroxyl groups excluding tert-OH is 1. The summed E-state index contributed by atoms with van der Waals surface area (Å²) in [6, 6.07) is 0. The van der Waals surface area contributed by atoms with Crippen molar-refractivity contribution >= 4 is 8.07 Å². The fourth-order valence-electron chi connectivity index (χ4n) is 2.25. The molecular weight excluding hydrogens is 272 g/mol. The van der Waals surface area contributed by atoms with Gasteiger partial charge in [0.2, 0.25) is 0 Å². The fraction of sp³-hybridized carbons (Fsp3) is 0.733. The van der Waals surface area contributed by atoms with Crippen LogP contribution in [0.15, 0.2) is 11.8 Å². The lowest BCUT2D eigenvalue weighted by Gasteiger charge is -2.22. The molecule has 0 unspecified atom stereocenters. The molecule has 0 aromatic carbocycles. The molecule has 2 heterocycles. The molecule has 0 bridgehead atoms. The molecule has 20 heavy (non-hydrogen) atoms. The van der Waals surface area contributed by atoms with E-state index in [1.54, 1.807) is 6.08 Å². The van der Waals surface area contributed by atoms with Crippen LogP contribution in [0.25, 0.3) is 0 Å². The molecule has 0 aromatic rings. The Bertz CT molecular complexity index is 453. The molecular formula is C15H24O4Si. The van der Waals surface area contributed by atoms with Gasteiger partial charge in [0.25, 0.3) is 0 Å². The topological polar surface area (TPSA) is 47.9 Å². The first-order valence-corrected chi connectivity index (χ1v) is 10.5. The standard InChI is InChI=1S/C15H24O4Si/c1-15(2)17-10-13(19-15)14-12(16)9-11(18-14)7-6-8-20(3,4)5/h7,12-14,16H,9-10H2,1-5H3/b11-7+/t12-,13-,14+/m1/s1. The lowest BCUT2D eigenvalue weighted by Crippen LogP contribution is -2.37. The maximum absolute atomic E-state index is 10.1. The summed E-state index contributed by atoms with van der Waals surface area (Å²) in [5, 5.41) is 10.1. The van der Waals surface area contributed by atoms with E-state index in [0.717, 1.165) is 5.76 Å². The molecule has 2 aliphatic heterocycles. The Morgan fingerprint density at radius 1 is 1.35 bits per heavy atom. The lowest BCUT2D eigenvalue weighted by atomic mass is 10.1. The maximum atomic E-state index is 10.1. The number of rotatable bonds is 1. The first-order chi connectivity index (χ1) is 9.16. The second-order valence-electron chi connectivity index (χ2n) is 6.85. The molecule has 2 aliphatic rings. The molecule has 0 saturated carbocycles. The first-order valence-electron chi connectivity index (χ1n) is 7.04. The summed E-state index contributed by atoms with van der Waals surface area (Å²) in [5.74, 6) is 3.19. The van der Waals surface area contributed by atoms with Crippen LogP contribution in [0.3, 0.4) is 0 Å². The second kappa shape index (κ2) is 5.53. The fourth-order valence-corrected chi connectivity index (χ4v) is 2.76. The Labute approximate surface area is 122 Å². The van der Waals surface area contributed by atoms with Gasteiger partial charge >= 0.3 is 0 Å². The number of hydrogen-bond acceptors (Lipinski definition) is 4. The highest BCUT2D eigenvalue weighted by Crippen LogP contribution is 2.33. The third-order valence-corrected chi connectivity index (χ3v) is 4.05. The lowest BCUT2D eigenvalue weighted by molar-refractivity contribution is -0.155. The van der Waals surface area contributed by atoms with E-state index in [2.05, 4.69) is 31.1 Å². The van der Waals surface area contributed by atoms with Crippen LogP contribution in [0.4, 0.5) is 0 Å². The van der Waals surface area contributed by atoms with Gasteiger partial charge in [0.1, 0.15) is 26.0 Å². The predicted molar refractivity (Wildman–Crippen MR) is 79.6 cm³/mol. The zero-order valence-electron chi connectivity index (χ0n) is 12.9. The summed E-state index contributed by atoms with van der Waals surface area (Å²) in [7, 11) is -1.38. The Morgan fingerprint density at radius 3 is 2.60 bits per heavy atom. The first kappa shape index (κ1) is 15.6. The minimum absolute atomic E-state index is 0.226. The smallest absolute Gasteiger partial charge is 0.163 e. The van der Waals surface area contributed by atoms with Gasteiger partial charge in [-0.2, -0.15) is 0 Å². The molecule has 0 spiro atoms. The average Bonchev–Trinajstić information content (AvgIpc) is 2.80. The van der Waals surface area contributed by atoms with Crippen LogP contribution in [-0.4, -0.2) is 43.9 Å². The molecule has 0 aromatic heterocycles. The molecule has 2 saturated heterocycles. The third kappa shape index (κ3) is 4.09. The molecule has 0 amide bonds. The number of ether oxygens (including phenoxy) is 3. The number of allylic oxidation sites excluding steroid dienone is 1.